The Bertz CT molecular complexity index is 685. The van der Waals surface area contributed by atoms with Gasteiger partial charge in [0.25, 0.3) is 0 Å². The van der Waals surface area contributed by atoms with Crippen molar-refractivity contribution in [1.29, 1.82) is 0 Å². The molecule has 3 fully saturated rings. The molecule has 1 unspecified atom stereocenters. The van der Waals surface area contributed by atoms with E-state index in [1.165, 1.54) is 85.3 Å². The monoisotopic (exact) mass is 328 g/mol. The molecule has 2 atom stereocenters. The summed E-state index contributed by atoms with van der Waals surface area (Å²) in [5.74, 6) is 3.31. The lowest BCUT2D eigenvalue weighted by molar-refractivity contribution is -0.919. The number of fused-ring (bicyclic) bond motifs is 2. The van der Waals surface area contributed by atoms with Crippen molar-refractivity contribution in [2.75, 3.05) is 44.2 Å². The van der Waals surface area contributed by atoms with Gasteiger partial charge >= 0.3 is 0 Å². The SMILES string of the molecule is c1ccc2c(N3CC[N+]4(CC3)CC3CCCC[C@H]3C4)nsc2c1. The highest BCUT2D eigenvalue weighted by Crippen LogP contribution is 2.41. The van der Waals surface area contributed by atoms with Gasteiger partial charge in [0.2, 0.25) is 0 Å². The number of aromatic nitrogens is 1. The van der Waals surface area contributed by atoms with E-state index in [0.717, 1.165) is 11.8 Å². The van der Waals surface area contributed by atoms with Gasteiger partial charge < -0.3 is 9.38 Å². The largest absolute Gasteiger partial charge is 0.344 e. The summed E-state index contributed by atoms with van der Waals surface area (Å²) in [7, 11) is 0. The van der Waals surface area contributed by atoms with E-state index < -0.39 is 0 Å². The second-order valence-electron chi connectivity index (χ2n) is 7.95. The van der Waals surface area contributed by atoms with Crippen LogP contribution in [0.3, 0.4) is 0 Å². The fourth-order valence-corrected chi connectivity index (χ4v) is 6.20. The first-order valence-electron chi connectivity index (χ1n) is 9.27. The number of anilines is 1. The topological polar surface area (TPSA) is 16.1 Å². The van der Waals surface area contributed by atoms with Gasteiger partial charge in [-0.25, -0.2) is 0 Å². The zero-order chi connectivity index (χ0) is 15.3. The fraction of sp³-hybridized carbons (Fsp3) is 0.632. The number of nitrogens with zero attached hydrogens (tertiary/aromatic N) is 3. The first-order chi connectivity index (χ1) is 11.3. The zero-order valence-corrected chi connectivity index (χ0v) is 14.6. The molecule has 0 amide bonds. The first kappa shape index (κ1) is 14.2. The van der Waals surface area contributed by atoms with Gasteiger partial charge in [-0.2, -0.15) is 4.37 Å². The van der Waals surface area contributed by atoms with Crippen LogP contribution in [-0.4, -0.2) is 48.1 Å². The molecule has 5 rings (SSSR count). The minimum atomic E-state index is 1.04. The highest BCUT2D eigenvalue weighted by molar-refractivity contribution is 7.13. The van der Waals surface area contributed by atoms with Gasteiger partial charge in [0.1, 0.15) is 0 Å². The van der Waals surface area contributed by atoms with E-state index in [1.807, 2.05) is 0 Å². The van der Waals surface area contributed by atoms with Gasteiger partial charge in [-0.3, -0.25) is 0 Å². The van der Waals surface area contributed by atoms with Crippen LogP contribution in [0.15, 0.2) is 24.3 Å². The second kappa shape index (κ2) is 5.45. The Balaban J connectivity index is 1.33. The van der Waals surface area contributed by atoms with Crippen molar-refractivity contribution < 1.29 is 4.48 Å². The molecule has 1 aromatic carbocycles. The smallest absolute Gasteiger partial charge is 0.150 e. The van der Waals surface area contributed by atoms with E-state index in [4.69, 9.17) is 4.37 Å². The number of hydrogen-bond donors (Lipinski definition) is 0. The van der Waals surface area contributed by atoms with E-state index in [9.17, 15) is 0 Å². The van der Waals surface area contributed by atoms with Crippen LogP contribution < -0.4 is 4.90 Å². The van der Waals surface area contributed by atoms with Gasteiger partial charge in [-0.1, -0.05) is 25.0 Å². The summed E-state index contributed by atoms with van der Waals surface area (Å²) in [5.41, 5.74) is 0. The lowest BCUT2D eigenvalue weighted by atomic mass is 9.82. The molecule has 3 aliphatic rings. The fourth-order valence-electron chi connectivity index (χ4n) is 5.40. The Morgan fingerprint density at radius 2 is 1.70 bits per heavy atom. The van der Waals surface area contributed by atoms with Crippen LogP contribution in [0.1, 0.15) is 25.7 Å². The molecule has 1 saturated carbocycles. The summed E-state index contributed by atoms with van der Waals surface area (Å²) in [5, 5.41) is 1.35. The van der Waals surface area contributed by atoms with Crippen molar-refractivity contribution in [1.82, 2.24) is 4.37 Å². The van der Waals surface area contributed by atoms with E-state index in [1.54, 1.807) is 11.5 Å². The van der Waals surface area contributed by atoms with Crippen molar-refractivity contribution >= 4 is 27.4 Å². The highest BCUT2D eigenvalue weighted by atomic mass is 32.1. The van der Waals surface area contributed by atoms with Crippen LogP contribution in [0, 0.1) is 11.8 Å². The number of quaternary nitrogens is 1. The third-order valence-electron chi connectivity index (χ3n) is 6.66. The van der Waals surface area contributed by atoms with E-state index in [2.05, 4.69) is 29.2 Å². The second-order valence-corrected chi connectivity index (χ2v) is 8.75. The third-order valence-corrected chi connectivity index (χ3v) is 7.47. The molecule has 0 bridgehead atoms. The summed E-state index contributed by atoms with van der Waals surface area (Å²) in [6.45, 7) is 7.98. The molecule has 0 N–H and O–H groups in total. The van der Waals surface area contributed by atoms with Crippen molar-refractivity contribution in [3.8, 4) is 0 Å². The average Bonchev–Trinajstić information content (AvgIpc) is 3.17. The van der Waals surface area contributed by atoms with Crippen LogP contribution in [0.2, 0.25) is 0 Å². The maximum Gasteiger partial charge on any atom is 0.150 e. The minimum absolute atomic E-state index is 1.04. The number of piperazine rings is 1. The Morgan fingerprint density at radius 3 is 2.43 bits per heavy atom. The molecule has 1 aromatic heterocycles. The Morgan fingerprint density at radius 1 is 1.00 bits per heavy atom. The Labute approximate surface area is 142 Å². The zero-order valence-electron chi connectivity index (χ0n) is 13.8. The first-order valence-corrected chi connectivity index (χ1v) is 10.0. The molecule has 2 aliphatic heterocycles. The van der Waals surface area contributed by atoms with Crippen molar-refractivity contribution in [3.05, 3.63) is 24.3 Å². The van der Waals surface area contributed by atoms with Crippen LogP contribution in [-0.2, 0) is 0 Å². The van der Waals surface area contributed by atoms with Crippen LogP contribution in [0.5, 0.6) is 0 Å². The average molecular weight is 329 g/mol. The van der Waals surface area contributed by atoms with E-state index in [-0.39, 0.29) is 0 Å². The normalized spacial score (nSPS) is 30.0. The molecule has 1 aliphatic carbocycles. The molecule has 3 heterocycles. The van der Waals surface area contributed by atoms with Crippen molar-refractivity contribution in [2.45, 2.75) is 25.7 Å². The molecule has 3 nitrogen and oxygen atoms in total. The summed E-state index contributed by atoms with van der Waals surface area (Å²) in [4.78, 5) is 2.55. The maximum atomic E-state index is 4.77. The van der Waals surface area contributed by atoms with Crippen LogP contribution in [0.25, 0.3) is 10.1 Å². The Kier molecular flexibility index (Phi) is 3.37. The lowest BCUT2D eigenvalue weighted by Gasteiger charge is -2.42. The van der Waals surface area contributed by atoms with Gasteiger partial charge in [0.15, 0.2) is 5.82 Å². The predicted molar refractivity (Wildman–Crippen MR) is 97.0 cm³/mol. The summed E-state index contributed by atoms with van der Waals surface area (Å²) >= 11 is 1.65. The van der Waals surface area contributed by atoms with Gasteiger partial charge in [-0.15, -0.1) is 0 Å². The maximum absolute atomic E-state index is 4.77. The minimum Gasteiger partial charge on any atom is -0.344 e. The molecule has 0 radical (unpaired) electrons. The Hall–Kier alpha value is -1.13. The molecule has 4 heteroatoms. The molecule has 23 heavy (non-hydrogen) atoms. The van der Waals surface area contributed by atoms with Crippen LogP contribution >= 0.6 is 11.5 Å². The van der Waals surface area contributed by atoms with Crippen molar-refractivity contribution in [3.63, 3.8) is 0 Å². The lowest BCUT2D eigenvalue weighted by Crippen LogP contribution is -2.58. The molecule has 2 saturated heterocycles. The van der Waals surface area contributed by atoms with Gasteiger partial charge in [0, 0.05) is 17.2 Å². The van der Waals surface area contributed by atoms with Crippen LogP contribution in [0.4, 0.5) is 5.82 Å². The molecule has 1 spiro atoms. The number of benzene rings is 1. The van der Waals surface area contributed by atoms with E-state index in [0.29, 0.717) is 0 Å². The van der Waals surface area contributed by atoms with Gasteiger partial charge in [0.05, 0.1) is 44.0 Å². The quantitative estimate of drug-likeness (QED) is 0.741. The van der Waals surface area contributed by atoms with Crippen molar-refractivity contribution in [2.24, 2.45) is 11.8 Å². The number of rotatable bonds is 1. The summed E-state index contributed by atoms with van der Waals surface area (Å²) in [6.07, 6.45) is 5.98. The molecular weight excluding hydrogens is 302 g/mol. The summed E-state index contributed by atoms with van der Waals surface area (Å²) < 4.78 is 7.50. The molecular formula is C19H26N3S+. The number of hydrogen-bond acceptors (Lipinski definition) is 3. The molecule has 122 valence electrons. The summed E-state index contributed by atoms with van der Waals surface area (Å²) in [6, 6.07) is 8.69. The third kappa shape index (κ3) is 2.38. The molecule has 2 aromatic rings. The standard InChI is InChI=1S/C19H26N3S/c1-2-6-16-14-22(13-15(16)5-1)11-9-21(10-12-22)19-17-7-3-4-8-18(17)23-20-19/h3-4,7-8,15-16H,1-2,5-6,9-14H2/q+1/t15-,16?/m0/s1. The van der Waals surface area contributed by atoms with E-state index >= 15 is 0 Å². The van der Waals surface area contributed by atoms with Gasteiger partial charge in [-0.05, 0) is 36.5 Å². The highest BCUT2D eigenvalue weighted by Gasteiger charge is 2.47. The predicted octanol–water partition coefficient (Wildman–Crippen LogP) is 3.75.